The molecular formula is C18H22N2O4S. The highest BCUT2D eigenvalue weighted by Crippen LogP contribution is 2.32. The molecule has 2 aromatic rings. The standard InChI is InChI=1S/C18H22N2O4S/c1-2-3-8-19-17(22)18-20-14(13-5-4-9-24-13)16(25-18)15(21)12-6-10-23-11-7-12/h4-5,9,12H,2-3,6-8,10-11H2,1H3,(H,19,22). The van der Waals surface area contributed by atoms with Gasteiger partial charge in [-0.05, 0) is 31.4 Å². The molecule has 7 heteroatoms. The summed E-state index contributed by atoms with van der Waals surface area (Å²) in [6, 6.07) is 3.51. The van der Waals surface area contributed by atoms with Crippen molar-refractivity contribution in [3.63, 3.8) is 0 Å². The summed E-state index contributed by atoms with van der Waals surface area (Å²) >= 11 is 1.15. The summed E-state index contributed by atoms with van der Waals surface area (Å²) in [4.78, 5) is 30.2. The molecule has 1 aliphatic heterocycles. The van der Waals surface area contributed by atoms with Crippen LogP contribution in [0.3, 0.4) is 0 Å². The zero-order valence-electron chi connectivity index (χ0n) is 14.2. The monoisotopic (exact) mass is 362 g/mol. The molecule has 0 atom stereocenters. The van der Waals surface area contributed by atoms with Gasteiger partial charge in [-0.1, -0.05) is 13.3 Å². The minimum Gasteiger partial charge on any atom is -0.463 e. The number of amides is 1. The molecule has 0 aliphatic carbocycles. The molecule has 0 radical (unpaired) electrons. The second-order valence-electron chi connectivity index (χ2n) is 6.03. The molecule has 1 fully saturated rings. The second-order valence-corrected chi connectivity index (χ2v) is 7.03. The van der Waals surface area contributed by atoms with E-state index in [1.807, 2.05) is 0 Å². The lowest BCUT2D eigenvalue weighted by atomic mass is 9.94. The molecule has 0 unspecified atom stereocenters. The number of hydrogen-bond donors (Lipinski definition) is 1. The maximum Gasteiger partial charge on any atom is 0.280 e. The highest BCUT2D eigenvalue weighted by Gasteiger charge is 2.30. The highest BCUT2D eigenvalue weighted by atomic mass is 32.1. The smallest absolute Gasteiger partial charge is 0.280 e. The van der Waals surface area contributed by atoms with E-state index >= 15 is 0 Å². The Bertz CT molecular complexity index is 718. The minimum absolute atomic E-state index is 0.0276. The lowest BCUT2D eigenvalue weighted by Crippen LogP contribution is -2.24. The van der Waals surface area contributed by atoms with Gasteiger partial charge in [0.05, 0.1) is 6.26 Å². The SMILES string of the molecule is CCCCNC(=O)c1nc(-c2ccco2)c(C(=O)C2CCOCC2)s1. The van der Waals surface area contributed by atoms with Crippen LogP contribution in [0.25, 0.3) is 11.5 Å². The number of unbranched alkanes of at least 4 members (excludes halogenated alkanes) is 1. The number of aromatic nitrogens is 1. The third-order valence-corrected chi connectivity index (χ3v) is 5.28. The molecule has 3 rings (SSSR count). The number of furan rings is 1. The van der Waals surface area contributed by atoms with Crippen molar-refractivity contribution in [1.29, 1.82) is 0 Å². The molecular weight excluding hydrogens is 340 g/mol. The fourth-order valence-electron chi connectivity index (χ4n) is 2.76. The van der Waals surface area contributed by atoms with E-state index in [0.29, 0.717) is 53.9 Å². The van der Waals surface area contributed by atoms with Crippen molar-refractivity contribution >= 4 is 23.0 Å². The average molecular weight is 362 g/mol. The molecule has 0 spiro atoms. The number of Topliss-reactive ketones (excluding diaryl/α,β-unsaturated/α-hetero) is 1. The Kier molecular flexibility index (Phi) is 5.99. The third kappa shape index (κ3) is 4.16. The average Bonchev–Trinajstić information content (AvgIpc) is 3.31. The second kappa shape index (κ2) is 8.40. The molecule has 3 heterocycles. The van der Waals surface area contributed by atoms with E-state index in [1.165, 1.54) is 0 Å². The van der Waals surface area contributed by atoms with Crippen molar-refractivity contribution in [1.82, 2.24) is 10.3 Å². The largest absolute Gasteiger partial charge is 0.463 e. The van der Waals surface area contributed by atoms with Crippen LogP contribution < -0.4 is 5.32 Å². The van der Waals surface area contributed by atoms with Crippen LogP contribution in [0.5, 0.6) is 0 Å². The molecule has 25 heavy (non-hydrogen) atoms. The van der Waals surface area contributed by atoms with Gasteiger partial charge < -0.3 is 14.5 Å². The van der Waals surface area contributed by atoms with Crippen molar-refractivity contribution in [2.75, 3.05) is 19.8 Å². The van der Waals surface area contributed by atoms with Crippen molar-refractivity contribution in [2.45, 2.75) is 32.6 Å². The number of ketones is 1. The first-order valence-corrected chi connectivity index (χ1v) is 9.47. The highest BCUT2D eigenvalue weighted by molar-refractivity contribution is 7.16. The summed E-state index contributed by atoms with van der Waals surface area (Å²) in [6.45, 7) is 3.86. The normalized spacial score (nSPS) is 15.2. The Morgan fingerprint density at radius 3 is 2.84 bits per heavy atom. The van der Waals surface area contributed by atoms with Crippen LogP contribution in [0.15, 0.2) is 22.8 Å². The molecule has 0 aromatic carbocycles. The van der Waals surface area contributed by atoms with Crippen LogP contribution in [0.1, 0.15) is 52.1 Å². The Morgan fingerprint density at radius 2 is 2.16 bits per heavy atom. The maximum absolute atomic E-state index is 13.0. The fraction of sp³-hybridized carbons (Fsp3) is 0.500. The van der Waals surface area contributed by atoms with Gasteiger partial charge in [-0.2, -0.15) is 0 Å². The van der Waals surface area contributed by atoms with Crippen LogP contribution >= 0.6 is 11.3 Å². The summed E-state index contributed by atoms with van der Waals surface area (Å²) < 4.78 is 10.8. The first kappa shape index (κ1) is 17.8. The van der Waals surface area contributed by atoms with E-state index in [-0.39, 0.29) is 17.6 Å². The van der Waals surface area contributed by atoms with Crippen LogP contribution in [0.2, 0.25) is 0 Å². The first-order chi connectivity index (χ1) is 12.2. The van der Waals surface area contributed by atoms with Gasteiger partial charge in [-0.3, -0.25) is 9.59 Å². The van der Waals surface area contributed by atoms with E-state index in [0.717, 1.165) is 24.2 Å². The molecule has 134 valence electrons. The van der Waals surface area contributed by atoms with Gasteiger partial charge >= 0.3 is 0 Å². The molecule has 1 amide bonds. The molecule has 1 saturated heterocycles. The predicted molar refractivity (Wildman–Crippen MR) is 94.9 cm³/mol. The third-order valence-electron chi connectivity index (χ3n) is 4.21. The predicted octanol–water partition coefficient (Wildman–Crippen LogP) is 3.54. The van der Waals surface area contributed by atoms with Crippen LogP contribution in [-0.4, -0.2) is 36.4 Å². The van der Waals surface area contributed by atoms with Gasteiger partial charge in [0.1, 0.15) is 10.6 Å². The van der Waals surface area contributed by atoms with Crippen molar-refractivity contribution in [3.8, 4) is 11.5 Å². The van der Waals surface area contributed by atoms with Gasteiger partial charge in [-0.15, -0.1) is 11.3 Å². The summed E-state index contributed by atoms with van der Waals surface area (Å²) in [6.07, 6.45) is 4.86. The maximum atomic E-state index is 13.0. The first-order valence-electron chi connectivity index (χ1n) is 8.65. The quantitative estimate of drug-likeness (QED) is 0.602. The van der Waals surface area contributed by atoms with Gasteiger partial charge in [0.2, 0.25) is 0 Å². The van der Waals surface area contributed by atoms with E-state index in [9.17, 15) is 9.59 Å². The molecule has 2 aromatic heterocycles. The van der Waals surface area contributed by atoms with Gasteiger partial charge in [-0.25, -0.2) is 4.98 Å². The Balaban J connectivity index is 1.87. The minimum atomic E-state index is -0.239. The molecule has 1 aliphatic rings. The van der Waals surface area contributed by atoms with E-state index in [2.05, 4.69) is 17.2 Å². The van der Waals surface area contributed by atoms with E-state index < -0.39 is 0 Å². The number of thiazole rings is 1. The number of rotatable bonds is 7. The van der Waals surface area contributed by atoms with Gasteiger partial charge in [0.15, 0.2) is 16.6 Å². The molecule has 1 N–H and O–H groups in total. The lowest BCUT2D eigenvalue weighted by molar-refractivity contribution is 0.0547. The fourth-order valence-corrected chi connectivity index (χ4v) is 3.77. The van der Waals surface area contributed by atoms with Gasteiger partial charge in [0, 0.05) is 25.7 Å². The Morgan fingerprint density at radius 1 is 1.36 bits per heavy atom. The topological polar surface area (TPSA) is 81.4 Å². The van der Waals surface area contributed by atoms with E-state index in [1.54, 1.807) is 18.4 Å². The number of hydrogen-bond acceptors (Lipinski definition) is 6. The number of nitrogens with one attached hydrogen (secondary N) is 1. The molecule has 6 nitrogen and oxygen atoms in total. The van der Waals surface area contributed by atoms with E-state index in [4.69, 9.17) is 9.15 Å². The lowest BCUT2D eigenvalue weighted by Gasteiger charge is -2.20. The summed E-state index contributed by atoms with van der Waals surface area (Å²) in [5.41, 5.74) is 0.465. The van der Waals surface area contributed by atoms with Gasteiger partial charge in [0.25, 0.3) is 5.91 Å². The van der Waals surface area contributed by atoms with Crippen molar-refractivity contribution < 1.29 is 18.7 Å². The van der Waals surface area contributed by atoms with Crippen LogP contribution in [0, 0.1) is 5.92 Å². The molecule has 0 bridgehead atoms. The molecule has 0 saturated carbocycles. The van der Waals surface area contributed by atoms with Crippen LogP contribution in [-0.2, 0) is 4.74 Å². The summed E-state index contributed by atoms with van der Waals surface area (Å²) in [5, 5.41) is 3.15. The summed E-state index contributed by atoms with van der Waals surface area (Å²) in [5.74, 6) is 0.218. The zero-order valence-corrected chi connectivity index (χ0v) is 15.1. The van der Waals surface area contributed by atoms with Crippen molar-refractivity contribution in [3.05, 3.63) is 28.3 Å². The van der Waals surface area contributed by atoms with Crippen molar-refractivity contribution in [2.24, 2.45) is 5.92 Å². The Hall–Kier alpha value is -1.99. The number of nitrogens with zero attached hydrogens (tertiary/aromatic N) is 1. The zero-order chi connectivity index (χ0) is 17.6. The summed E-state index contributed by atoms with van der Waals surface area (Å²) in [7, 11) is 0. The number of carbonyl (C=O) groups excluding carboxylic acids is 2. The Labute approximate surface area is 150 Å². The number of carbonyl (C=O) groups is 2. The number of ether oxygens (including phenoxy) is 1. The van der Waals surface area contributed by atoms with Crippen LogP contribution in [0.4, 0.5) is 0 Å².